The summed E-state index contributed by atoms with van der Waals surface area (Å²) in [5, 5.41) is 0. The highest BCUT2D eigenvalue weighted by molar-refractivity contribution is 9.10. The van der Waals surface area contributed by atoms with Crippen molar-refractivity contribution in [2.24, 2.45) is 0 Å². The monoisotopic (exact) mass is 404 g/mol. The van der Waals surface area contributed by atoms with E-state index in [-0.39, 0.29) is 4.90 Å². The van der Waals surface area contributed by atoms with Crippen molar-refractivity contribution in [3.63, 3.8) is 0 Å². The Morgan fingerprint density at radius 3 is 2.32 bits per heavy atom. The second kappa shape index (κ2) is 5.52. The van der Waals surface area contributed by atoms with Gasteiger partial charge in [-0.2, -0.15) is 0 Å². The van der Waals surface area contributed by atoms with Crippen LogP contribution in [0.25, 0.3) is 0 Å². The molecule has 0 saturated heterocycles. The lowest BCUT2D eigenvalue weighted by Gasteiger charge is -2.10. The lowest BCUT2D eigenvalue weighted by atomic mass is 10.3. The maximum Gasteiger partial charge on any atom is 0.263 e. The lowest BCUT2D eigenvalue weighted by molar-refractivity contribution is 0.601. The molecule has 19 heavy (non-hydrogen) atoms. The summed E-state index contributed by atoms with van der Waals surface area (Å²) in [5.41, 5.74) is 6.64. The van der Waals surface area contributed by atoms with E-state index in [1.54, 1.807) is 36.4 Å². The minimum absolute atomic E-state index is 0.183. The first-order chi connectivity index (χ1) is 8.90. The van der Waals surface area contributed by atoms with Crippen LogP contribution in [0.3, 0.4) is 0 Å². The molecule has 0 fully saturated rings. The largest absolute Gasteiger partial charge is 0.398 e. The second-order valence-electron chi connectivity index (χ2n) is 3.77. The van der Waals surface area contributed by atoms with Crippen LogP contribution < -0.4 is 10.5 Å². The number of sulfonamides is 1. The first-order valence-electron chi connectivity index (χ1n) is 5.22. The van der Waals surface area contributed by atoms with Crippen molar-refractivity contribution in [2.75, 3.05) is 10.5 Å². The standard InChI is InChI=1S/C12H10Br2N2O2S/c13-9-3-1-2-4-12(9)19(17,18)16-8-5-6-11(15)10(14)7-8/h1-7,16H,15H2. The van der Waals surface area contributed by atoms with Gasteiger partial charge in [0.2, 0.25) is 0 Å². The van der Waals surface area contributed by atoms with Gasteiger partial charge < -0.3 is 5.73 Å². The van der Waals surface area contributed by atoms with Crippen LogP contribution >= 0.6 is 31.9 Å². The number of anilines is 2. The van der Waals surface area contributed by atoms with Crippen LogP contribution in [0.4, 0.5) is 11.4 Å². The van der Waals surface area contributed by atoms with Gasteiger partial charge in [-0.25, -0.2) is 8.42 Å². The highest BCUT2D eigenvalue weighted by Gasteiger charge is 2.17. The van der Waals surface area contributed by atoms with Gasteiger partial charge in [-0.3, -0.25) is 4.72 Å². The van der Waals surface area contributed by atoms with Gasteiger partial charge in [0.1, 0.15) is 4.90 Å². The van der Waals surface area contributed by atoms with E-state index in [0.29, 0.717) is 20.3 Å². The Kier molecular flexibility index (Phi) is 4.17. The summed E-state index contributed by atoms with van der Waals surface area (Å²) < 4.78 is 28.1. The minimum atomic E-state index is -3.63. The Bertz CT molecular complexity index is 717. The zero-order valence-electron chi connectivity index (χ0n) is 9.60. The van der Waals surface area contributed by atoms with Gasteiger partial charge in [-0.05, 0) is 62.2 Å². The summed E-state index contributed by atoms with van der Waals surface area (Å²) in [6, 6.07) is 11.5. The molecule has 2 rings (SSSR count). The zero-order valence-corrected chi connectivity index (χ0v) is 13.6. The van der Waals surface area contributed by atoms with Gasteiger partial charge in [0.15, 0.2) is 0 Å². The van der Waals surface area contributed by atoms with Gasteiger partial charge in [0.05, 0.1) is 5.69 Å². The Morgan fingerprint density at radius 1 is 1.00 bits per heavy atom. The fourth-order valence-corrected chi connectivity index (χ4v) is 3.90. The van der Waals surface area contributed by atoms with Gasteiger partial charge >= 0.3 is 0 Å². The third-order valence-electron chi connectivity index (χ3n) is 2.38. The molecule has 0 bridgehead atoms. The first-order valence-corrected chi connectivity index (χ1v) is 8.29. The predicted molar refractivity (Wildman–Crippen MR) is 83.5 cm³/mol. The van der Waals surface area contributed by atoms with E-state index in [0.717, 1.165) is 0 Å². The van der Waals surface area contributed by atoms with Crippen molar-refractivity contribution in [1.29, 1.82) is 0 Å². The van der Waals surface area contributed by atoms with E-state index in [2.05, 4.69) is 36.6 Å². The van der Waals surface area contributed by atoms with Gasteiger partial charge in [0.25, 0.3) is 10.0 Å². The van der Waals surface area contributed by atoms with Crippen molar-refractivity contribution in [3.05, 3.63) is 51.4 Å². The number of nitrogens with one attached hydrogen (secondary N) is 1. The number of benzene rings is 2. The van der Waals surface area contributed by atoms with E-state index in [1.807, 2.05) is 0 Å². The summed E-state index contributed by atoms with van der Waals surface area (Å²) in [6.45, 7) is 0. The van der Waals surface area contributed by atoms with Crippen LogP contribution in [0.5, 0.6) is 0 Å². The molecule has 0 amide bonds. The molecule has 0 spiro atoms. The van der Waals surface area contributed by atoms with Gasteiger partial charge in [0, 0.05) is 14.6 Å². The normalized spacial score (nSPS) is 11.3. The topological polar surface area (TPSA) is 72.2 Å². The van der Waals surface area contributed by atoms with Crippen LogP contribution in [0, 0.1) is 0 Å². The van der Waals surface area contributed by atoms with Crippen LogP contribution in [-0.4, -0.2) is 8.42 Å². The highest BCUT2D eigenvalue weighted by atomic mass is 79.9. The molecule has 3 N–H and O–H groups in total. The van der Waals surface area contributed by atoms with Crippen LogP contribution in [0.2, 0.25) is 0 Å². The molecule has 0 unspecified atom stereocenters. The quantitative estimate of drug-likeness (QED) is 0.766. The van der Waals surface area contributed by atoms with E-state index >= 15 is 0 Å². The molecule has 2 aromatic carbocycles. The average Bonchev–Trinajstić information content (AvgIpc) is 2.34. The minimum Gasteiger partial charge on any atom is -0.398 e. The fourth-order valence-electron chi connectivity index (χ4n) is 1.46. The molecule has 0 radical (unpaired) electrons. The van der Waals surface area contributed by atoms with Crippen LogP contribution in [0.15, 0.2) is 56.3 Å². The summed E-state index contributed by atoms with van der Waals surface area (Å²) >= 11 is 6.48. The second-order valence-corrected chi connectivity index (χ2v) is 7.13. The molecule has 0 aromatic heterocycles. The number of nitrogen functional groups attached to an aromatic ring is 1. The summed E-state index contributed by atoms with van der Waals surface area (Å²) in [6.07, 6.45) is 0. The number of hydrogen-bond donors (Lipinski definition) is 2. The van der Waals surface area contributed by atoms with Crippen molar-refractivity contribution >= 4 is 53.3 Å². The van der Waals surface area contributed by atoms with Crippen LogP contribution in [-0.2, 0) is 10.0 Å². The Hall–Kier alpha value is -1.05. The van der Waals surface area contributed by atoms with E-state index in [1.165, 1.54) is 6.07 Å². The molecule has 0 saturated carbocycles. The van der Waals surface area contributed by atoms with Crippen molar-refractivity contribution < 1.29 is 8.42 Å². The fraction of sp³-hybridized carbons (Fsp3) is 0. The highest BCUT2D eigenvalue weighted by Crippen LogP contribution is 2.27. The molecule has 2 aromatic rings. The van der Waals surface area contributed by atoms with Crippen molar-refractivity contribution in [1.82, 2.24) is 0 Å². The zero-order chi connectivity index (χ0) is 14.0. The lowest BCUT2D eigenvalue weighted by Crippen LogP contribution is -2.13. The van der Waals surface area contributed by atoms with Crippen molar-refractivity contribution in [2.45, 2.75) is 4.90 Å². The number of nitrogens with two attached hydrogens (primary N) is 1. The summed E-state index contributed by atoms with van der Waals surface area (Å²) in [4.78, 5) is 0.183. The number of halogens is 2. The number of rotatable bonds is 3. The third kappa shape index (κ3) is 3.29. The molecule has 4 nitrogen and oxygen atoms in total. The third-order valence-corrected chi connectivity index (χ3v) is 5.46. The molecule has 0 aliphatic carbocycles. The van der Waals surface area contributed by atoms with E-state index in [9.17, 15) is 8.42 Å². The van der Waals surface area contributed by atoms with Gasteiger partial charge in [-0.15, -0.1) is 0 Å². The molecule has 100 valence electrons. The molecule has 7 heteroatoms. The van der Waals surface area contributed by atoms with E-state index in [4.69, 9.17) is 5.73 Å². The maximum absolute atomic E-state index is 12.2. The summed E-state index contributed by atoms with van der Waals surface area (Å²) in [7, 11) is -3.63. The SMILES string of the molecule is Nc1ccc(NS(=O)(=O)c2ccccc2Br)cc1Br. The molecule has 0 heterocycles. The Morgan fingerprint density at radius 2 is 1.68 bits per heavy atom. The summed E-state index contributed by atoms with van der Waals surface area (Å²) in [5.74, 6) is 0. The molecular formula is C12H10Br2N2O2S. The van der Waals surface area contributed by atoms with Gasteiger partial charge in [-0.1, -0.05) is 12.1 Å². The van der Waals surface area contributed by atoms with Crippen LogP contribution in [0.1, 0.15) is 0 Å². The van der Waals surface area contributed by atoms with E-state index < -0.39 is 10.0 Å². The molecule has 0 atom stereocenters. The Labute approximate surface area is 128 Å². The maximum atomic E-state index is 12.2. The van der Waals surface area contributed by atoms with Crippen molar-refractivity contribution in [3.8, 4) is 0 Å². The molecular weight excluding hydrogens is 396 g/mol. The average molecular weight is 406 g/mol. The number of hydrogen-bond acceptors (Lipinski definition) is 3. The molecule has 0 aliphatic heterocycles. The predicted octanol–water partition coefficient (Wildman–Crippen LogP) is 3.59. The Balaban J connectivity index is 2.37. The molecule has 0 aliphatic rings. The first kappa shape index (κ1) is 14.4. The smallest absolute Gasteiger partial charge is 0.263 e.